The van der Waals surface area contributed by atoms with Crippen molar-refractivity contribution in [2.45, 2.75) is 26.2 Å². The van der Waals surface area contributed by atoms with E-state index in [2.05, 4.69) is 12.1 Å². The van der Waals surface area contributed by atoms with E-state index in [1.807, 2.05) is 37.3 Å². The largest absolute Gasteiger partial charge is 0.513 e. The number of hydrogen-bond donors (Lipinski definition) is 0. The molecule has 0 bridgehead atoms. The van der Waals surface area contributed by atoms with Crippen LogP contribution in [0.1, 0.15) is 24.0 Å². The number of unbranched alkanes of at least 4 members (excludes halogenated alkanes) is 1. The molecule has 0 fully saturated rings. The van der Waals surface area contributed by atoms with Gasteiger partial charge in [0.15, 0.2) is 0 Å². The quantitative estimate of drug-likeness (QED) is 0.444. The van der Waals surface area contributed by atoms with Crippen LogP contribution in [0.4, 0.5) is 4.79 Å². The molecule has 2 aromatic rings. The molecule has 0 saturated carbocycles. The van der Waals surface area contributed by atoms with Gasteiger partial charge in [0.1, 0.15) is 5.75 Å². The van der Waals surface area contributed by atoms with Gasteiger partial charge in [-0.3, -0.25) is 0 Å². The van der Waals surface area contributed by atoms with Gasteiger partial charge < -0.3 is 9.47 Å². The molecule has 0 saturated heterocycles. The second-order valence-corrected chi connectivity index (χ2v) is 4.96. The normalized spacial score (nSPS) is 10.1. The molecule has 3 nitrogen and oxygen atoms in total. The minimum absolute atomic E-state index is 0.386. The van der Waals surface area contributed by atoms with Gasteiger partial charge in [-0.1, -0.05) is 48.0 Å². The van der Waals surface area contributed by atoms with E-state index in [9.17, 15) is 4.79 Å². The summed E-state index contributed by atoms with van der Waals surface area (Å²) >= 11 is 0. The minimum atomic E-state index is -0.640. The topological polar surface area (TPSA) is 35.5 Å². The Labute approximate surface area is 125 Å². The van der Waals surface area contributed by atoms with Crippen LogP contribution in [0.2, 0.25) is 0 Å². The zero-order chi connectivity index (χ0) is 14.9. The molecule has 0 radical (unpaired) electrons. The van der Waals surface area contributed by atoms with Gasteiger partial charge in [-0.2, -0.15) is 0 Å². The number of rotatable bonds is 6. The molecule has 21 heavy (non-hydrogen) atoms. The van der Waals surface area contributed by atoms with E-state index in [-0.39, 0.29) is 0 Å². The Balaban J connectivity index is 1.60. The Morgan fingerprint density at radius 2 is 1.67 bits per heavy atom. The molecule has 0 amide bonds. The lowest BCUT2D eigenvalue weighted by Gasteiger charge is -2.06. The first-order chi connectivity index (χ1) is 10.2. The Kier molecular flexibility index (Phi) is 5.83. The fourth-order valence-electron chi connectivity index (χ4n) is 1.96. The van der Waals surface area contributed by atoms with Crippen LogP contribution in [-0.4, -0.2) is 12.8 Å². The first-order valence-corrected chi connectivity index (χ1v) is 7.19. The summed E-state index contributed by atoms with van der Waals surface area (Å²) in [6.45, 7) is 2.37. The molecular weight excluding hydrogens is 264 g/mol. The van der Waals surface area contributed by atoms with E-state index < -0.39 is 6.16 Å². The molecule has 3 heteroatoms. The van der Waals surface area contributed by atoms with Crippen molar-refractivity contribution < 1.29 is 14.3 Å². The molecule has 0 spiro atoms. The summed E-state index contributed by atoms with van der Waals surface area (Å²) in [5.41, 5.74) is 2.43. The van der Waals surface area contributed by atoms with Crippen LogP contribution in [-0.2, 0) is 11.2 Å². The van der Waals surface area contributed by atoms with Crippen molar-refractivity contribution >= 4 is 6.16 Å². The van der Waals surface area contributed by atoms with Crippen molar-refractivity contribution in [3.8, 4) is 5.75 Å². The molecule has 0 N–H and O–H groups in total. The van der Waals surface area contributed by atoms with E-state index in [0.717, 1.165) is 24.8 Å². The van der Waals surface area contributed by atoms with Crippen LogP contribution < -0.4 is 4.74 Å². The molecule has 0 aliphatic heterocycles. The van der Waals surface area contributed by atoms with Crippen LogP contribution in [0.3, 0.4) is 0 Å². The molecule has 0 aliphatic carbocycles. The molecule has 0 atom stereocenters. The summed E-state index contributed by atoms with van der Waals surface area (Å²) < 4.78 is 10.1. The van der Waals surface area contributed by atoms with Crippen molar-refractivity contribution in [1.29, 1.82) is 0 Å². The smallest absolute Gasteiger partial charge is 0.434 e. The predicted octanol–water partition coefficient (Wildman–Crippen LogP) is 4.53. The maximum Gasteiger partial charge on any atom is 0.513 e. The van der Waals surface area contributed by atoms with Gasteiger partial charge >= 0.3 is 6.16 Å². The summed E-state index contributed by atoms with van der Waals surface area (Å²) in [5, 5.41) is 0. The highest BCUT2D eigenvalue weighted by Crippen LogP contribution is 2.12. The molecule has 0 heterocycles. The molecule has 0 unspecified atom stereocenters. The molecule has 0 aromatic heterocycles. The lowest BCUT2D eigenvalue weighted by Crippen LogP contribution is -2.11. The fraction of sp³-hybridized carbons (Fsp3) is 0.278. The average molecular weight is 284 g/mol. The number of aryl methyl sites for hydroxylation is 2. The average Bonchev–Trinajstić information content (AvgIpc) is 2.50. The summed E-state index contributed by atoms with van der Waals surface area (Å²) in [6, 6.07) is 17.6. The first kappa shape index (κ1) is 15.1. The summed E-state index contributed by atoms with van der Waals surface area (Å²) in [5.74, 6) is 0.509. The zero-order valence-electron chi connectivity index (χ0n) is 12.2. The maximum atomic E-state index is 11.5. The van der Waals surface area contributed by atoms with E-state index in [4.69, 9.17) is 9.47 Å². The lowest BCUT2D eigenvalue weighted by molar-refractivity contribution is 0.0975. The van der Waals surface area contributed by atoms with Crippen molar-refractivity contribution in [2.24, 2.45) is 0 Å². The number of carbonyl (C=O) groups excluding carboxylic acids is 1. The van der Waals surface area contributed by atoms with Gasteiger partial charge in [0, 0.05) is 0 Å². The Morgan fingerprint density at radius 1 is 0.952 bits per heavy atom. The molecule has 2 rings (SSSR count). The number of carbonyl (C=O) groups is 1. The van der Waals surface area contributed by atoms with Gasteiger partial charge in [0.05, 0.1) is 6.61 Å². The molecular formula is C18H20O3. The minimum Gasteiger partial charge on any atom is -0.434 e. The number of benzene rings is 2. The third-order valence-corrected chi connectivity index (χ3v) is 3.14. The van der Waals surface area contributed by atoms with Crippen LogP contribution in [0.15, 0.2) is 54.6 Å². The van der Waals surface area contributed by atoms with Crippen LogP contribution in [0.5, 0.6) is 5.75 Å². The molecule has 110 valence electrons. The highest BCUT2D eigenvalue weighted by Gasteiger charge is 2.05. The van der Waals surface area contributed by atoms with Crippen molar-refractivity contribution in [2.75, 3.05) is 6.61 Å². The predicted molar refractivity (Wildman–Crippen MR) is 82.5 cm³/mol. The van der Waals surface area contributed by atoms with E-state index in [0.29, 0.717) is 12.4 Å². The van der Waals surface area contributed by atoms with Gasteiger partial charge in [0.25, 0.3) is 0 Å². The third-order valence-electron chi connectivity index (χ3n) is 3.14. The maximum absolute atomic E-state index is 11.5. The SMILES string of the molecule is Cc1ccc(OC(=O)OCCCCc2ccccc2)cc1. The number of ether oxygens (including phenoxy) is 2. The highest BCUT2D eigenvalue weighted by atomic mass is 16.7. The van der Waals surface area contributed by atoms with E-state index in [1.54, 1.807) is 12.1 Å². The van der Waals surface area contributed by atoms with Crippen molar-refractivity contribution in [3.63, 3.8) is 0 Å². The van der Waals surface area contributed by atoms with Crippen molar-refractivity contribution in [3.05, 3.63) is 65.7 Å². The first-order valence-electron chi connectivity index (χ1n) is 7.19. The summed E-state index contributed by atoms with van der Waals surface area (Å²) in [4.78, 5) is 11.5. The van der Waals surface area contributed by atoms with Crippen LogP contribution >= 0.6 is 0 Å². The fourth-order valence-corrected chi connectivity index (χ4v) is 1.96. The molecule has 0 aliphatic rings. The Hall–Kier alpha value is -2.29. The van der Waals surface area contributed by atoms with Crippen LogP contribution in [0, 0.1) is 6.92 Å². The Morgan fingerprint density at radius 3 is 2.38 bits per heavy atom. The van der Waals surface area contributed by atoms with Gasteiger partial charge in [-0.25, -0.2) is 4.79 Å². The third kappa shape index (κ3) is 5.69. The van der Waals surface area contributed by atoms with Crippen LogP contribution in [0.25, 0.3) is 0 Å². The summed E-state index contributed by atoms with van der Waals surface area (Å²) in [6.07, 6.45) is 2.18. The highest BCUT2D eigenvalue weighted by molar-refractivity contribution is 5.63. The zero-order valence-corrected chi connectivity index (χ0v) is 12.2. The second kappa shape index (κ2) is 8.10. The van der Waals surface area contributed by atoms with Gasteiger partial charge in [0.2, 0.25) is 0 Å². The van der Waals surface area contributed by atoms with Gasteiger partial charge in [-0.05, 0) is 43.9 Å². The standard InChI is InChI=1S/C18H20O3/c1-15-10-12-17(13-11-15)21-18(19)20-14-6-5-9-16-7-3-2-4-8-16/h2-4,7-8,10-13H,5-6,9,14H2,1H3. The molecule has 2 aromatic carbocycles. The lowest BCUT2D eigenvalue weighted by atomic mass is 10.1. The van der Waals surface area contributed by atoms with Crippen molar-refractivity contribution in [1.82, 2.24) is 0 Å². The van der Waals surface area contributed by atoms with E-state index in [1.165, 1.54) is 5.56 Å². The van der Waals surface area contributed by atoms with E-state index >= 15 is 0 Å². The Bertz CT molecular complexity index is 546. The second-order valence-electron chi connectivity index (χ2n) is 4.96. The summed E-state index contributed by atoms with van der Waals surface area (Å²) in [7, 11) is 0. The number of hydrogen-bond acceptors (Lipinski definition) is 3. The van der Waals surface area contributed by atoms with Gasteiger partial charge in [-0.15, -0.1) is 0 Å². The monoisotopic (exact) mass is 284 g/mol.